The molecule has 1 heterocycles. The first kappa shape index (κ1) is 16.4. The van der Waals surface area contributed by atoms with Gasteiger partial charge in [-0.15, -0.1) is 0 Å². The van der Waals surface area contributed by atoms with Crippen molar-refractivity contribution in [2.75, 3.05) is 40.9 Å². The van der Waals surface area contributed by atoms with Crippen LogP contribution >= 0.6 is 0 Å². The number of nitrogens with one attached hydrogen (secondary N) is 2. The maximum absolute atomic E-state index is 11.3. The van der Waals surface area contributed by atoms with Crippen LogP contribution in [0.4, 0.5) is 0 Å². The van der Waals surface area contributed by atoms with Gasteiger partial charge in [0.2, 0.25) is 5.91 Å². The molecule has 6 heteroatoms. The summed E-state index contributed by atoms with van der Waals surface area (Å²) >= 11 is 0. The Morgan fingerprint density at radius 2 is 1.89 bits per heavy atom. The first-order valence-corrected chi connectivity index (χ1v) is 6.85. The largest absolute Gasteiger partial charge is 0.358 e. The molecule has 0 spiro atoms. The molecule has 112 valence electrons. The fourth-order valence-corrected chi connectivity index (χ4v) is 2.49. The molecule has 1 fully saturated rings. The third kappa shape index (κ3) is 5.44. The number of hydrogen-bond donors (Lipinski definition) is 2. The second-order valence-corrected chi connectivity index (χ2v) is 5.02. The van der Waals surface area contributed by atoms with Gasteiger partial charge in [-0.05, 0) is 19.8 Å². The van der Waals surface area contributed by atoms with E-state index in [0.717, 1.165) is 25.9 Å². The molecule has 1 aliphatic heterocycles. The lowest BCUT2D eigenvalue weighted by Gasteiger charge is -2.34. The molecule has 1 amide bonds. The third-order valence-electron chi connectivity index (χ3n) is 3.61. The number of nitrogens with zero attached hydrogens (tertiary/aromatic N) is 1. The van der Waals surface area contributed by atoms with E-state index in [9.17, 15) is 4.79 Å². The van der Waals surface area contributed by atoms with Crippen molar-refractivity contribution in [2.45, 2.75) is 38.1 Å². The molecule has 1 aliphatic rings. The van der Waals surface area contributed by atoms with E-state index >= 15 is 0 Å². The average molecular weight is 273 g/mol. The number of ether oxygens (including phenoxy) is 2. The minimum absolute atomic E-state index is 0.0820. The van der Waals surface area contributed by atoms with Crippen molar-refractivity contribution in [3.05, 3.63) is 0 Å². The fourth-order valence-electron chi connectivity index (χ4n) is 2.49. The fraction of sp³-hybridized carbons (Fsp3) is 0.923. The SMILES string of the molecule is CNC(=O)CN1CCC(NC(C)C(OC)OC)CC1. The van der Waals surface area contributed by atoms with Crippen LogP contribution in [0.2, 0.25) is 0 Å². The van der Waals surface area contributed by atoms with Crippen LogP contribution in [0.3, 0.4) is 0 Å². The number of hydrogen-bond acceptors (Lipinski definition) is 5. The zero-order valence-corrected chi connectivity index (χ0v) is 12.4. The van der Waals surface area contributed by atoms with Crippen molar-refractivity contribution in [1.82, 2.24) is 15.5 Å². The summed E-state index contributed by atoms with van der Waals surface area (Å²) in [7, 11) is 4.98. The van der Waals surface area contributed by atoms with Crippen molar-refractivity contribution >= 4 is 5.91 Å². The Hall–Kier alpha value is -0.690. The maximum atomic E-state index is 11.3. The van der Waals surface area contributed by atoms with Gasteiger partial charge in [0, 0.05) is 40.4 Å². The minimum Gasteiger partial charge on any atom is -0.358 e. The monoisotopic (exact) mass is 273 g/mol. The van der Waals surface area contributed by atoms with E-state index in [1.165, 1.54) is 0 Å². The van der Waals surface area contributed by atoms with E-state index in [2.05, 4.69) is 22.5 Å². The first-order valence-electron chi connectivity index (χ1n) is 6.85. The molecule has 19 heavy (non-hydrogen) atoms. The third-order valence-corrected chi connectivity index (χ3v) is 3.61. The quantitative estimate of drug-likeness (QED) is 0.629. The molecule has 1 unspecified atom stereocenters. The normalized spacial score (nSPS) is 19.6. The molecule has 6 nitrogen and oxygen atoms in total. The van der Waals surface area contributed by atoms with Gasteiger partial charge in [0.25, 0.3) is 0 Å². The van der Waals surface area contributed by atoms with Gasteiger partial charge in [0.15, 0.2) is 6.29 Å². The topological polar surface area (TPSA) is 62.8 Å². The van der Waals surface area contributed by atoms with Gasteiger partial charge in [-0.25, -0.2) is 0 Å². The Morgan fingerprint density at radius 1 is 1.32 bits per heavy atom. The van der Waals surface area contributed by atoms with Crippen LogP contribution in [0.1, 0.15) is 19.8 Å². The van der Waals surface area contributed by atoms with Crippen LogP contribution in [-0.2, 0) is 14.3 Å². The second-order valence-electron chi connectivity index (χ2n) is 5.02. The maximum Gasteiger partial charge on any atom is 0.233 e. The minimum atomic E-state index is -0.219. The summed E-state index contributed by atoms with van der Waals surface area (Å²) in [5.74, 6) is 0.0820. The number of methoxy groups -OCH3 is 2. The number of likely N-dealkylation sites (N-methyl/N-ethyl adjacent to an activating group) is 1. The molecule has 0 aromatic carbocycles. The van der Waals surface area contributed by atoms with Gasteiger partial charge in [0.1, 0.15) is 0 Å². The van der Waals surface area contributed by atoms with E-state index in [1.807, 2.05) is 0 Å². The van der Waals surface area contributed by atoms with Crippen LogP contribution in [0.5, 0.6) is 0 Å². The molecule has 2 N–H and O–H groups in total. The average Bonchev–Trinajstić information content (AvgIpc) is 2.42. The second kappa shape index (κ2) is 8.47. The number of carbonyl (C=O) groups is 1. The molecule has 1 atom stereocenters. The number of piperidine rings is 1. The van der Waals surface area contributed by atoms with Crippen LogP contribution < -0.4 is 10.6 Å². The summed E-state index contributed by atoms with van der Waals surface area (Å²) in [6.45, 7) is 4.46. The summed E-state index contributed by atoms with van der Waals surface area (Å²) in [4.78, 5) is 13.5. The van der Waals surface area contributed by atoms with Gasteiger partial charge < -0.3 is 20.1 Å². The molecule has 0 aromatic heterocycles. The summed E-state index contributed by atoms with van der Waals surface area (Å²) in [6.07, 6.45) is 1.87. The molecule has 0 radical (unpaired) electrons. The summed E-state index contributed by atoms with van der Waals surface area (Å²) in [5.41, 5.74) is 0. The number of likely N-dealkylation sites (tertiary alicyclic amines) is 1. The smallest absolute Gasteiger partial charge is 0.233 e. The van der Waals surface area contributed by atoms with Gasteiger partial charge in [-0.3, -0.25) is 9.69 Å². The molecule has 1 rings (SSSR count). The van der Waals surface area contributed by atoms with Gasteiger partial charge in [-0.2, -0.15) is 0 Å². The number of rotatable bonds is 7. The Morgan fingerprint density at radius 3 is 2.37 bits per heavy atom. The highest BCUT2D eigenvalue weighted by atomic mass is 16.7. The standard InChI is InChI=1S/C13H27N3O3/c1-10(13(18-3)19-4)15-11-5-7-16(8-6-11)9-12(17)14-2/h10-11,13,15H,5-9H2,1-4H3,(H,14,17). The molecule has 0 aliphatic carbocycles. The molecular formula is C13H27N3O3. The lowest BCUT2D eigenvalue weighted by atomic mass is 10.0. The van der Waals surface area contributed by atoms with E-state index in [1.54, 1.807) is 21.3 Å². The van der Waals surface area contributed by atoms with Crippen LogP contribution in [-0.4, -0.2) is 70.1 Å². The van der Waals surface area contributed by atoms with Gasteiger partial charge >= 0.3 is 0 Å². The van der Waals surface area contributed by atoms with Gasteiger partial charge in [0.05, 0.1) is 12.6 Å². The first-order chi connectivity index (χ1) is 9.10. The lowest BCUT2D eigenvalue weighted by Crippen LogP contribution is -2.50. The van der Waals surface area contributed by atoms with E-state index in [4.69, 9.17) is 9.47 Å². The van der Waals surface area contributed by atoms with Crippen molar-refractivity contribution in [3.63, 3.8) is 0 Å². The molecular weight excluding hydrogens is 246 g/mol. The zero-order valence-electron chi connectivity index (χ0n) is 12.4. The predicted octanol–water partition coefficient (Wildman–Crippen LogP) is -0.206. The zero-order chi connectivity index (χ0) is 14.3. The highest BCUT2D eigenvalue weighted by Gasteiger charge is 2.24. The van der Waals surface area contributed by atoms with Gasteiger partial charge in [-0.1, -0.05) is 0 Å². The van der Waals surface area contributed by atoms with Crippen LogP contribution in [0.25, 0.3) is 0 Å². The van der Waals surface area contributed by atoms with Crippen LogP contribution in [0.15, 0.2) is 0 Å². The highest BCUT2D eigenvalue weighted by Crippen LogP contribution is 2.12. The predicted molar refractivity (Wildman–Crippen MR) is 73.9 cm³/mol. The molecule has 0 bridgehead atoms. The van der Waals surface area contributed by atoms with Crippen molar-refractivity contribution < 1.29 is 14.3 Å². The van der Waals surface area contributed by atoms with Crippen LogP contribution in [0, 0.1) is 0 Å². The number of amides is 1. The highest BCUT2D eigenvalue weighted by molar-refractivity contribution is 5.77. The Bertz CT molecular complexity index is 264. The van der Waals surface area contributed by atoms with E-state index in [-0.39, 0.29) is 18.2 Å². The molecule has 0 aromatic rings. The summed E-state index contributed by atoms with van der Waals surface area (Å²) in [6, 6.07) is 0.620. The Labute approximate surface area is 115 Å². The van der Waals surface area contributed by atoms with E-state index in [0.29, 0.717) is 12.6 Å². The number of carbonyl (C=O) groups excluding carboxylic acids is 1. The van der Waals surface area contributed by atoms with E-state index < -0.39 is 0 Å². The van der Waals surface area contributed by atoms with Crippen molar-refractivity contribution in [1.29, 1.82) is 0 Å². The molecule has 0 saturated carbocycles. The lowest BCUT2D eigenvalue weighted by molar-refractivity contribution is -0.123. The summed E-state index contributed by atoms with van der Waals surface area (Å²) < 4.78 is 10.5. The van der Waals surface area contributed by atoms with Crippen molar-refractivity contribution in [3.8, 4) is 0 Å². The summed E-state index contributed by atoms with van der Waals surface area (Å²) in [5, 5.41) is 6.19. The molecule has 1 saturated heterocycles. The van der Waals surface area contributed by atoms with Crippen molar-refractivity contribution in [2.24, 2.45) is 0 Å². The Balaban J connectivity index is 2.28. The Kier molecular flexibility index (Phi) is 7.30.